The molecule has 0 saturated heterocycles. The van der Waals surface area contributed by atoms with Crippen molar-refractivity contribution < 1.29 is 28.7 Å². The van der Waals surface area contributed by atoms with Gasteiger partial charge in [0, 0.05) is 30.4 Å². The van der Waals surface area contributed by atoms with Crippen LogP contribution in [-0.2, 0) is 19.1 Å². The van der Waals surface area contributed by atoms with E-state index in [1.165, 1.54) is 6.92 Å². The van der Waals surface area contributed by atoms with Crippen LogP contribution in [0.3, 0.4) is 0 Å². The zero-order valence-corrected chi connectivity index (χ0v) is 17.8. The normalized spacial score (nSPS) is 16.4. The maximum atomic E-state index is 12.8. The molecule has 1 unspecified atom stereocenters. The largest absolute Gasteiger partial charge is 0.463 e. The van der Waals surface area contributed by atoms with Gasteiger partial charge in [-0.15, -0.1) is 0 Å². The van der Waals surface area contributed by atoms with E-state index in [2.05, 4.69) is 16.0 Å². The number of hydrogen-bond donors (Lipinski definition) is 3. The van der Waals surface area contributed by atoms with Crippen LogP contribution in [0.1, 0.15) is 52.5 Å². The first kappa shape index (κ1) is 22.9. The van der Waals surface area contributed by atoms with Gasteiger partial charge in [0.2, 0.25) is 5.91 Å². The second-order valence-electron chi connectivity index (χ2n) is 7.77. The number of carbonyl (C=O) groups excluding carboxylic acids is 4. The molecule has 0 spiro atoms. The number of benzene rings is 1. The lowest BCUT2D eigenvalue weighted by Gasteiger charge is -2.29. The van der Waals surface area contributed by atoms with E-state index < -0.39 is 35.3 Å². The molecular weight excluding hydrogens is 390 g/mol. The molecule has 1 aromatic carbocycles. The Morgan fingerprint density at radius 1 is 1.20 bits per heavy atom. The van der Waals surface area contributed by atoms with Gasteiger partial charge < -0.3 is 20.1 Å². The summed E-state index contributed by atoms with van der Waals surface area (Å²) in [6.07, 6.45) is -0.0848. The van der Waals surface area contributed by atoms with Gasteiger partial charge >= 0.3 is 18.0 Å². The molecule has 1 aliphatic heterocycles. The highest BCUT2D eigenvalue weighted by Crippen LogP contribution is 2.38. The van der Waals surface area contributed by atoms with Crippen molar-refractivity contribution in [3.63, 3.8) is 0 Å². The first-order valence-electron chi connectivity index (χ1n) is 9.59. The van der Waals surface area contributed by atoms with Crippen LogP contribution in [0, 0.1) is 0 Å². The third kappa shape index (κ3) is 6.07. The number of amides is 3. The first-order chi connectivity index (χ1) is 14.0. The summed E-state index contributed by atoms with van der Waals surface area (Å²) in [7, 11) is 0. The topological polar surface area (TPSA) is 123 Å². The average Bonchev–Trinajstić information content (AvgIpc) is 2.59. The van der Waals surface area contributed by atoms with Crippen molar-refractivity contribution in [2.75, 3.05) is 6.61 Å². The molecule has 2 rings (SSSR count). The molecule has 0 aliphatic carbocycles. The molecule has 30 heavy (non-hydrogen) atoms. The van der Waals surface area contributed by atoms with Gasteiger partial charge in [-0.05, 0) is 33.8 Å². The van der Waals surface area contributed by atoms with Crippen molar-refractivity contribution in [1.82, 2.24) is 16.0 Å². The van der Waals surface area contributed by atoms with Gasteiger partial charge in [-0.2, -0.15) is 0 Å². The minimum atomic E-state index is -0.779. The van der Waals surface area contributed by atoms with Crippen LogP contribution in [0.5, 0.6) is 5.75 Å². The molecule has 1 heterocycles. The Labute approximate surface area is 175 Å². The highest BCUT2D eigenvalue weighted by Gasteiger charge is 2.37. The van der Waals surface area contributed by atoms with Gasteiger partial charge in [0.05, 0.1) is 12.2 Å². The van der Waals surface area contributed by atoms with Crippen LogP contribution in [-0.4, -0.2) is 36.0 Å². The van der Waals surface area contributed by atoms with Crippen molar-refractivity contribution in [3.05, 3.63) is 41.2 Å². The first-order valence-corrected chi connectivity index (χ1v) is 9.59. The van der Waals surface area contributed by atoms with E-state index in [0.717, 1.165) is 0 Å². The number of para-hydroxylation sites is 1. The summed E-state index contributed by atoms with van der Waals surface area (Å²) in [6.45, 7) is 8.41. The quantitative estimate of drug-likeness (QED) is 0.498. The van der Waals surface area contributed by atoms with Gasteiger partial charge in [0.15, 0.2) is 0 Å². The highest BCUT2D eigenvalue weighted by molar-refractivity contribution is 5.97. The number of nitrogens with one attached hydrogen (secondary N) is 3. The molecule has 1 aliphatic rings. The number of hydrogen-bond acceptors (Lipinski definition) is 6. The van der Waals surface area contributed by atoms with Crippen molar-refractivity contribution in [2.24, 2.45) is 0 Å². The summed E-state index contributed by atoms with van der Waals surface area (Å²) in [4.78, 5) is 49.1. The van der Waals surface area contributed by atoms with E-state index in [0.29, 0.717) is 5.56 Å². The molecule has 0 fully saturated rings. The molecule has 0 radical (unpaired) electrons. The zero-order chi connectivity index (χ0) is 22.5. The molecule has 9 nitrogen and oxygen atoms in total. The van der Waals surface area contributed by atoms with Gasteiger partial charge in [-0.25, -0.2) is 9.59 Å². The van der Waals surface area contributed by atoms with Crippen LogP contribution < -0.4 is 20.7 Å². The number of esters is 2. The lowest BCUT2D eigenvalue weighted by atomic mass is 9.85. The summed E-state index contributed by atoms with van der Waals surface area (Å²) in [5.41, 5.74) is -0.00407. The minimum Gasteiger partial charge on any atom is -0.463 e. The Hall–Kier alpha value is -3.36. The van der Waals surface area contributed by atoms with Crippen molar-refractivity contribution in [2.45, 2.75) is 52.5 Å². The molecule has 0 bridgehead atoms. The summed E-state index contributed by atoms with van der Waals surface area (Å²) in [5.74, 6) is -2.24. The molecule has 3 N–H and O–H groups in total. The fraction of sp³-hybridized carbons (Fsp3) is 0.429. The molecule has 0 saturated carbocycles. The van der Waals surface area contributed by atoms with E-state index in [1.54, 1.807) is 52.0 Å². The second kappa shape index (κ2) is 9.43. The molecule has 1 atom stereocenters. The molecule has 3 amide bonds. The number of urea groups is 1. The summed E-state index contributed by atoms with van der Waals surface area (Å²) < 4.78 is 10.4. The maximum Gasteiger partial charge on any atom is 0.338 e. The lowest BCUT2D eigenvalue weighted by Crippen LogP contribution is -2.50. The van der Waals surface area contributed by atoms with Crippen LogP contribution >= 0.6 is 0 Å². The van der Waals surface area contributed by atoms with E-state index in [9.17, 15) is 19.2 Å². The van der Waals surface area contributed by atoms with Gasteiger partial charge in [0.1, 0.15) is 11.6 Å². The fourth-order valence-electron chi connectivity index (χ4n) is 3.04. The smallest absolute Gasteiger partial charge is 0.338 e. The third-order valence-electron chi connectivity index (χ3n) is 4.04. The Morgan fingerprint density at radius 3 is 2.47 bits per heavy atom. The zero-order valence-electron chi connectivity index (χ0n) is 17.8. The third-order valence-corrected chi connectivity index (χ3v) is 4.04. The van der Waals surface area contributed by atoms with E-state index in [1.807, 2.05) is 0 Å². The Kier molecular flexibility index (Phi) is 7.20. The number of rotatable bonds is 5. The predicted octanol–water partition coefficient (Wildman–Crippen LogP) is 2.09. The Balaban J connectivity index is 2.55. The fourth-order valence-corrected chi connectivity index (χ4v) is 3.04. The van der Waals surface area contributed by atoms with Crippen molar-refractivity contribution in [1.29, 1.82) is 0 Å². The molecule has 9 heteroatoms. The average molecular weight is 417 g/mol. The lowest BCUT2D eigenvalue weighted by molar-refractivity contribution is -0.139. The highest BCUT2D eigenvalue weighted by atomic mass is 16.5. The van der Waals surface area contributed by atoms with Crippen molar-refractivity contribution in [3.8, 4) is 5.75 Å². The maximum absolute atomic E-state index is 12.8. The van der Waals surface area contributed by atoms with Gasteiger partial charge in [0.25, 0.3) is 0 Å². The number of ether oxygens (including phenoxy) is 2. The summed E-state index contributed by atoms with van der Waals surface area (Å²) in [6, 6.07) is 6.03. The Morgan fingerprint density at radius 2 is 1.87 bits per heavy atom. The molecule has 0 aromatic heterocycles. The van der Waals surface area contributed by atoms with Crippen LogP contribution in [0.25, 0.3) is 0 Å². The molecule has 162 valence electrons. The Bertz CT molecular complexity index is 885. The van der Waals surface area contributed by atoms with Crippen LogP contribution in [0.2, 0.25) is 0 Å². The SMILES string of the molecule is CCOC(=O)C1=C(NC(=O)NC(C)(C)C)NC(=O)CC1c1ccccc1OC(C)=O. The van der Waals surface area contributed by atoms with E-state index >= 15 is 0 Å². The van der Waals surface area contributed by atoms with Gasteiger partial charge in [-0.1, -0.05) is 18.2 Å². The van der Waals surface area contributed by atoms with Crippen LogP contribution in [0.15, 0.2) is 35.7 Å². The number of carbonyl (C=O) groups is 4. The van der Waals surface area contributed by atoms with Gasteiger partial charge in [-0.3, -0.25) is 14.9 Å². The standard InChI is InChI=1S/C21H27N3O6/c1-6-29-19(27)17-14(13-9-7-8-10-15(13)30-12(2)25)11-16(26)22-18(17)23-20(28)24-21(3,4)5/h7-10,14H,6,11H2,1-5H3,(H,22,26)(H2,23,24,28). The summed E-state index contributed by atoms with van der Waals surface area (Å²) >= 11 is 0. The van der Waals surface area contributed by atoms with Crippen LogP contribution in [0.4, 0.5) is 4.79 Å². The predicted molar refractivity (Wildman–Crippen MR) is 108 cm³/mol. The van der Waals surface area contributed by atoms with Crippen molar-refractivity contribution >= 4 is 23.9 Å². The van der Waals surface area contributed by atoms with E-state index in [4.69, 9.17) is 9.47 Å². The monoisotopic (exact) mass is 417 g/mol. The summed E-state index contributed by atoms with van der Waals surface area (Å²) in [5, 5.41) is 7.79. The second-order valence-corrected chi connectivity index (χ2v) is 7.77. The molecule has 1 aromatic rings. The minimum absolute atomic E-state index is 0.0610. The molecular formula is C21H27N3O6. The van der Waals surface area contributed by atoms with E-state index in [-0.39, 0.29) is 30.2 Å².